The monoisotopic (exact) mass is 384 g/mol. The van der Waals surface area contributed by atoms with Gasteiger partial charge in [0.1, 0.15) is 10.7 Å². The summed E-state index contributed by atoms with van der Waals surface area (Å²) in [7, 11) is 0. The van der Waals surface area contributed by atoms with Crippen molar-refractivity contribution in [2.75, 3.05) is 29.9 Å². The maximum atomic E-state index is 12.7. The summed E-state index contributed by atoms with van der Waals surface area (Å²) in [5, 5.41) is 7.73. The van der Waals surface area contributed by atoms with E-state index in [0.717, 1.165) is 40.8 Å². The molecular weight excluding hydrogens is 364 g/mol. The molecule has 1 amide bonds. The van der Waals surface area contributed by atoms with Crippen LogP contribution in [-0.2, 0) is 0 Å². The molecule has 2 aromatic heterocycles. The van der Waals surface area contributed by atoms with Crippen LogP contribution in [0.2, 0.25) is 0 Å². The molecule has 7 heteroatoms. The van der Waals surface area contributed by atoms with Gasteiger partial charge in [0.2, 0.25) is 0 Å². The highest BCUT2D eigenvalue weighted by Crippen LogP contribution is 2.31. The number of carbonyl (C=O) groups excluding carboxylic acids is 1. The molecule has 1 aromatic carbocycles. The van der Waals surface area contributed by atoms with E-state index in [-0.39, 0.29) is 5.91 Å². The van der Waals surface area contributed by atoms with Gasteiger partial charge >= 0.3 is 0 Å². The Balaban J connectivity index is 1.52. The highest BCUT2D eigenvalue weighted by molar-refractivity contribution is 7.20. The van der Waals surface area contributed by atoms with Gasteiger partial charge in [-0.05, 0) is 42.5 Å². The molecule has 26 heavy (non-hydrogen) atoms. The summed E-state index contributed by atoms with van der Waals surface area (Å²) in [6.07, 6.45) is 1.09. The lowest BCUT2D eigenvalue weighted by Gasteiger charge is -2.22. The molecule has 1 fully saturated rings. The summed E-state index contributed by atoms with van der Waals surface area (Å²) < 4.78 is 0. The van der Waals surface area contributed by atoms with E-state index in [9.17, 15) is 4.79 Å². The Morgan fingerprint density at radius 1 is 1.27 bits per heavy atom. The largest absolute Gasteiger partial charge is 0.370 e. The average Bonchev–Trinajstić information content (AvgIpc) is 3.42. The van der Waals surface area contributed by atoms with Crippen LogP contribution in [0.4, 0.5) is 11.4 Å². The van der Waals surface area contributed by atoms with E-state index in [1.54, 1.807) is 11.3 Å². The van der Waals surface area contributed by atoms with E-state index in [1.165, 1.54) is 11.3 Å². The van der Waals surface area contributed by atoms with Crippen LogP contribution < -0.4 is 16.0 Å². The normalized spacial score (nSPS) is 16.8. The molecule has 0 saturated carbocycles. The summed E-state index contributed by atoms with van der Waals surface area (Å²) in [6, 6.07) is 11.9. The van der Waals surface area contributed by atoms with Crippen LogP contribution in [0.25, 0.3) is 9.88 Å². The van der Waals surface area contributed by atoms with Gasteiger partial charge in [0.25, 0.3) is 5.91 Å². The van der Waals surface area contributed by atoms with Crippen molar-refractivity contribution < 1.29 is 4.79 Å². The Labute approximate surface area is 160 Å². The number of aromatic nitrogens is 1. The lowest BCUT2D eigenvalue weighted by atomic mass is 10.1. The number of hydrogen-bond acceptors (Lipinski definition) is 6. The van der Waals surface area contributed by atoms with E-state index < -0.39 is 0 Å². The molecule has 0 radical (unpaired) electrons. The first-order valence-corrected chi connectivity index (χ1v) is 10.4. The fourth-order valence-electron chi connectivity index (χ4n) is 3.18. The van der Waals surface area contributed by atoms with E-state index >= 15 is 0 Å². The Morgan fingerprint density at radius 3 is 2.92 bits per heavy atom. The SMILES string of the molecule is NC[C@@H]1CCN(c2ccccc2NC(=O)c2csc(-c3cccs3)n2)C1. The number of nitrogens with one attached hydrogen (secondary N) is 1. The molecule has 0 aliphatic carbocycles. The first kappa shape index (κ1) is 17.2. The highest BCUT2D eigenvalue weighted by atomic mass is 32.1. The molecule has 5 nitrogen and oxygen atoms in total. The van der Waals surface area contributed by atoms with Gasteiger partial charge in [0.15, 0.2) is 0 Å². The van der Waals surface area contributed by atoms with Crippen molar-refractivity contribution in [3.05, 3.63) is 52.9 Å². The molecule has 0 unspecified atom stereocenters. The fraction of sp³-hybridized carbons (Fsp3) is 0.263. The van der Waals surface area contributed by atoms with Gasteiger partial charge < -0.3 is 16.0 Å². The molecule has 0 spiro atoms. The number of para-hydroxylation sites is 2. The minimum Gasteiger partial charge on any atom is -0.370 e. The Kier molecular flexibility index (Phi) is 5.01. The number of anilines is 2. The van der Waals surface area contributed by atoms with E-state index in [4.69, 9.17) is 5.73 Å². The number of nitrogens with two attached hydrogens (primary N) is 1. The van der Waals surface area contributed by atoms with Crippen LogP contribution in [-0.4, -0.2) is 30.5 Å². The number of thiazole rings is 1. The molecule has 134 valence electrons. The van der Waals surface area contributed by atoms with E-state index in [0.29, 0.717) is 18.2 Å². The predicted octanol–water partition coefficient (Wildman–Crippen LogP) is 3.91. The van der Waals surface area contributed by atoms with E-state index in [2.05, 4.69) is 15.2 Å². The smallest absolute Gasteiger partial charge is 0.275 e. The van der Waals surface area contributed by atoms with Gasteiger partial charge in [-0.2, -0.15) is 0 Å². The second kappa shape index (κ2) is 7.57. The number of nitrogens with zero attached hydrogens (tertiary/aromatic N) is 2. The van der Waals surface area contributed by atoms with Crippen LogP contribution in [0.3, 0.4) is 0 Å². The molecule has 3 heterocycles. The summed E-state index contributed by atoms with van der Waals surface area (Å²) in [4.78, 5) is 20.6. The molecule has 3 aromatic rings. The third-order valence-electron chi connectivity index (χ3n) is 4.58. The Morgan fingerprint density at radius 2 is 2.15 bits per heavy atom. The first-order chi connectivity index (χ1) is 12.7. The summed E-state index contributed by atoms with van der Waals surface area (Å²) in [5.74, 6) is 0.344. The lowest BCUT2D eigenvalue weighted by Crippen LogP contribution is -2.24. The zero-order chi connectivity index (χ0) is 17.9. The van der Waals surface area contributed by atoms with Gasteiger partial charge in [-0.3, -0.25) is 4.79 Å². The Bertz CT molecular complexity index is 891. The number of thiophene rings is 1. The molecule has 1 aliphatic heterocycles. The van der Waals surface area contributed by atoms with Gasteiger partial charge in [-0.25, -0.2) is 4.98 Å². The number of carbonyl (C=O) groups is 1. The van der Waals surface area contributed by atoms with Crippen molar-refractivity contribution in [3.8, 4) is 9.88 Å². The topological polar surface area (TPSA) is 71.2 Å². The molecular formula is C19H20N4OS2. The molecule has 1 aliphatic rings. The molecule has 0 bridgehead atoms. The number of amides is 1. The van der Waals surface area contributed by atoms with E-state index in [1.807, 2.05) is 47.2 Å². The second-order valence-electron chi connectivity index (χ2n) is 6.32. The Hall–Kier alpha value is -2.22. The number of hydrogen-bond donors (Lipinski definition) is 2. The van der Waals surface area contributed by atoms with Crippen molar-refractivity contribution >= 4 is 40.0 Å². The molecule has 1 saturated heterocycles. The van der Waals surface area contributed by atoms with Gasteiger partial charge in [-0.15, -0.1) is 22.7 Å². The zero-order valence-electron chi connectivity index (χ0n) is 14.2. The van der Waals surface area contributed by atoms with Crippen LogP contribution in [0, 0.1) is 5.92 Å². The maximum absolute atomic E-state index is 12.7. The second-order valence-corrected chi connectivity index (χ2v) is 8.13. The minimum absolute atomic E-state index is 0.175. The van der Waals surface area contributed by atoms with Crippen molar-refractivity contribution in [2.24, 2.45) is 11.7 Å². The van der Waals surface area contributed by atoms with Crippen LogP contribution in [0.5, 0.6) is 0 Å². The van der Waals surface area contributed by atoms with Crippen molar-refractivity contribution in [2.45, 2.75) is 6.42 Å². The first-order valence-electron chi connectivity index (χ1n) is 8.59. The third-order valence-corrected chi connectivity index (χ3v) is 6.46. The van der Waals surface area contributed by atoms with Gasteiger partial charge in [0, 0.05) is 18.5 Å². The standard InChI is InChI=1S/C19H20N4OS2/c20-10-13-7-8-23(11-13)16-5-2-1-4-14(16)21-18(24)15-12-26-19(22-15)17-6-3-9-25-17/h1-6,9,12-13H,7-8,10-11,20H2,(H,21,24)/t13-/m0/s1. The molecule has 1 atom stereocenters. The van der Waals surface area contributed by atoms with Crippen molar-refractivity contribution in [1.29, 1.82) is 0 Å². The summed E-state index contributed by atoms with van der Waals surface area (Å²) in [5.41, 5.74) is 8.13. The molecule has 4 rings (SSSR count). The maximum Gasteiger partial charge on any atom is 0.275 e. The summed E-state index contributed by atoms with van der Waals surface area (Å²) in [6.45, 7) is 2.60. The third kappa shape index (κ3) is 3.51. The average molecular weight is 385 g/mol. The lowest BCUT2D eigenvalue weighted by molar-refractivity contribution is 0.102. The number of rotatable bonds is 5. The zero-order valence-corrected chi connectivity index (χ0v) is 15.9. The van der Waals surface area contributed by atoms with Crippen LogP contribution in [0.1, 0.15) is 16.9 Å². The van der Waals surface area contributed by atoms with Crippen LogP contribution in [0.15, 0.2) is 47.2 Å². The van der Waals surface area contributed by atoms with Gasteiger partial charge in [-0.1, -0.05) is 18.2 Å². The van der Waals surface area contributed by atoms with Crippen LogP contribution >= 0.6 is 22.7 Å². The predicted molar refractivity (Wildman–Crippen MR) is 109 cm³/mol. The summed E-state index contributed by atoms with van der Waals surface area (Å²) >= 11 is 3.12. The number of benzene rings is 1. The highest BCUT2D eigenvalue weighted by Gasteiger charge is 2.24. The van der Waals surface area contributed by atoms with Crippen molar-refractivity contribution in [1.82, 2.24) is 4.98 Å². The molecule has 3 N–H and O–H groups in total. The van der Waals surface area contributed by atoms with Gasteiger partial charge in [0.05, 0.1) is 16.3 Å². The van der Waals surface area contributed by atoms with Crippen molar-refractivity contribution in [3.63, 3.8) is 0 Å². The quantitative estimate of drug-likeness (QED) is 0.700. The minimum atomic E-state index is -0.175. The fourth-order valence-corrected chi connectivity index (χ4v) is 4.79.